The van der Waals surface area contributed by atoms with Gasteiger partial charge in [0.15, 0.2) is 0 Å². The monoisotopic (exact) mass is 305 g/mol. The maximum atomic E-state index is 6.05. The largest absolute Gasteiger partial charge is 0.303 e. The molecule has 3 rings (SSSR count). The summed E-state index contributed by atoms with van der Waals surface area (Å²) in [4.78, 5) is 0. The smallest absolute Gasteiger partial charge is 0.0408 e. The lowest BCUT2D eigenvalue weighted by Crippen LogP contribution is -2.22. The van der Waals surface area contributed by atoms with Crippen molar-refractivity contribution in [2.24, 2.45) is 0 Å². The molecular formula is C17H17Cl2N. The number of rotatable bonds is 3. The Kier molecular flexibility index (Phi) is 4.02. The van der Waals surface area contributed by atoms with E-state index in [9.17, 15) is 0 Å². The van der Waals surface area contributed by atoms with Gasteiger partial charge in [-0.05, 0) is 60.7 Å². The van der Waals surface area contributed by atoms with Gasteiger partial charge in [0.2, 0.25) is 0 Å². The van der Waals surface area contributed by atoms with Crippen LogP contribution in [0.15, 0.2) is 42.5 Å². The summed E-state index contributed by atoms with van der Waals surface area (Å²) in [5.41, 5.74) is 4.02. The summed E-state index contributed by atoms with van der Waals surface area (Å²) in [5.74, 6) is 0. The highest BCUT2D eigenvalue weighted by Crippen LogP contribution is 2.34. The first-order valence-corrected chi connectivity index (χ1v) is 7.69. The van der Waals surface area contributed by atoms with Gasteiger partial charge in [0.25, 0.3) is 0 Å². The first kappa shape index (κ1) is 13.9. The van der Waals surface area contributed by atoms with Crippen molar-refractivity contribution in [3.63, 3.8) is 0 Å². The highest BCUT2D eigenvalue weighted by Gasteiger charge is 2.23. The van der Waals surface area contributed by atoms with E-state index in [1.54, 1.807) is 0 Å². The number of halogens is 2. The normalized spacial score (nSPS) is 18.9. The van der Waals surface area contributed by atoms with Crippen molar-refractivity contribution in [2.75, 3.05) is 0 Å². The molecule has 0 aliphatic heterocycles. The Morgan fingerprint density at radius 3 is 2.50 bits per heavy atom. The van der Waals surface area contributed by atoms with Gasteiger partial charge in [-0.3, -0.25) is 0 Å². The van der Waals surface area contributed by atoms with Crippen LogP contribution < -0.4 is 5.32 Å². The number of benzene rings is 2. The van der Waals surface area contributed by atoms with Gasteiger partial charge in [-0.25, -0.2) is 0 Å². The van der Waals surface area contributed by atoms with Crippen LogP contribution in [0.2, 0.25) is 10.0 Å². The Morgan fingerprint density at radius 2 is 1.75 bits per heavy atom. The zero-order valence-electron chi connectivity index (χ0n) is 11.4. The minimum atomic E-state index is 0.305. The second-order valence-corrected chi connectivity index (χ2v) is 6.25. The second-order valence-electron chi connectivity index (χ2n) is 5.37. The third-order valence-corrected chi connectivity index (χ3v) is 4.49. The zero-order valence-corrected chi connectivity index (χ0v) is 12.9. The minimum Gasteiger partial charge on any atom is -0.303 e. The van der Waals surface area contributed by atoms with Crippen molar-refractivity contribution in [1.82, 2.24) is 5.32 Å². The third kappa shape index (κ3) is 2.85. The van der Waals surface area contributed by atoms with Crippen molar-refractivity contribution in [3.05, 3.63) is 69.2 Å². The van der Waals surface area contributed by atoms with Crippen molar-refractivity contribution in [1.29, 1.82) is 0 Å². The molecule has 1 aliphatic carbocycles. The van der Waals surface area contributed by atoms with Gasteiger partial charge in [-0.2, -0.15) is 0 Å². The van der Waals surface area contributed by atoms with E-state index in [1.807, 2.05) is 18.2 Å². The van der Waals surface area contributed by atoms with E-state index < -0.39 is 0 Å². The maximum absolute atomic E-state index is 6.05. The summed E-state index contributed by atoms with van der Waals surface area (Å²) in [6, 6.07) is 15.0. The van der Waals surface area contributed by atoms with Gasteiger partial charge >= 0.3 is 0 Å². The molecule has 2 aromatic rings. The average Bonchev–Trinajstić information content (AvgIpc) is 2.81. The van der Waals surface area contributed by atoms with Crippen LogP contribution in [0.3, 0.4) is 0 Å². The number of fused-ring (bicyclic) bond motifs is 1. The predicted molar refractivity (Wildman–Crippen MR) is 85.5 cm³/mol. The fourth-order valence-corrected chi connectivity index (χ4v) is 3.23. The molecule has 0 fully saturated rings. The average molecular weight is 306 g/mol. The molecule has 104 valence electrons. The molecule has 0 heterocycles. The molecule has 2 unspecified atom stereocenters. The summed E-state index contributed by atoms with van der Waals surface area (Å²) >= 11 is 12.0. The molecule has 0 aromatic heterocycles. The molecule has 1 N–H and O–H groups in total. The summed E-state index contributed by atoms with van der Waals surface area (Å²) < 4.78 is 0. The topological polar surface area (TPSA) is 12.0 Å². The second kappa shape index (κ2) is 5.77. The van der Waals surface area contributed by atoms with E-state index in [2.05, 4.69) is 36.5 Å². The number of hydrogen-bond donors (Lipinski definition) is 1. The summed E-state index contributed by atoms with van der Waals surface area (Å²) in [5, 5.41) is 5.31. The molecule has 0 amide bonds. The van der Waals surface area contributed by atoms with E-state index in [4.69, 9.17) is 23.2 Å². The van der Waals surface area contributed by atoms with Crippen LogP contribution in [-0.4, -0.2) is 0 Å². The molecule has 3 heteroatoms. The molecular weight excluding hydrogens is 289 g/mol. The highest BCUT2D eigenvalue weighted by atomic mass is 35.5. The number of hydrogen-bond acceptors (Lipinski definition) is 1. The van der Waals surface area contributed by atoms with Crippen molar-refractivity contribution in [2.45, 2.75) is 31.8 Å². The highest BCUT2D eigenvalue weighted by molar-refractivity contribution is 6.30. The van der Waals surface area contributed by atoms with Gasteiger partial charge in [0, 0.05) is 22.1 Å². The van der Waals surface area contributed by atoms with Crippen LogP contribution >= 0.6 is 23.2 Å². The molecule has 0 saturated carbocycles. The maximum Gasteiger partial charge on any atom is 0.0408 e. The summed E-state index contributed by atoms with van der Waals surface area (Å²) in [6.07, 6.45) is 2.23. The summed E-state index contributed by atoms with van der Waals surface area (Å²) in [6.45, 7) is 2.19. The van der Waals surface area contributed by atoms with Crippen molar-refractivity contribution >= 4 is 23.2 Å². The molecule has 1 nitrogen and oxygen atoms in total. The lowest BCUT2D eigenvalue weighted by atomic mass is 10.0. The first-order valence-electron chi connectivity index (χ1n) is 6.93. The fourth-order valence-electron chi connectivity index (χ4n) is 2.91. The molecule has 2 atom stereocenters. The Hall–Kier alpha value is -1.02. The zero-order chi connectivity index (χ0) is 14.1. The van der Waals surface area contributed by atoms with Crippen LogP contribution in [0.1, 0.15) is 42.1 Å². The van der Waals surface area contributed by atoms with E-state index in [1.165, 1.54) is 16.7 Å². The quantitative estimate of drug-likeness (QED) is 0.808. The Balaban J connectivity index is 1.75. The fraction of sp³-hybridized carbons (Fsp3) is 0.294. The molecule has 0 saturated heterocycles. The Bertz CT molecular complexity index is 607. The summed E-state index contributed by atoms with van der Waals surface area (Å²) in [7, 11) is 0. The van der Waals surface area contributed by atoms with Gasteiger partial charge in [0.1, 0.15) is 0 Å². The van der Waals surface area contributed by atoms with E-state index >= 15 is 0 Å². The third-order valence-electron chi connectivity index (χ3n) is 4.00. The van der Waals surface area contributed by atoms with Crippen molar-refractivity contribution in [3.8, 4) is 0 Å². The van der Waals surface area contributed by atoms with Crippen LogP contribution in [0.5, 0.6) is 0 Å². The van der Waals surface area contributed by atoms with E-state index in [0.29, 0.717) is 12.1 Å². The van der Waals surface area contributed by atoms with E-state index in [-0.39, 0.29) is 0 Å². The van der Waals surface area contributed by atoms with Gasteiger partial charge in [0.05, 0.1) is 0 Å². The number of nitrogens with one attached hydrogen (secondary N) is 1. The predicted octanol–water partition coefficient (Wildman–Crippen LogP) is 5.33. The van der Waals surface area contributed by atoms with Crippen LogP contribution in [0.4, 0.5) is 0 Å². The van der Waals surface area contributed by atoms with Crippen molar-refractivity contribution < 1.29 is 0 Å². The van der Waals surface area contributed by atoms with Gasteiger partial charge in [-0.1, -0.05) is 41.4 Å². The molecule has 2 aromatic carbocycles. The Labute approximate surface area is 129 Å². The van der Waals surface area contributed by atoms with Crippen LogP contribution in [-0.2, 0) is 6.42 Å². The van der Waals surface area contributed by atoms with Crippen LogP contribution in [0, 0.1) is 0 Å². The first-order chi connectivity index (χ1) is 9.63. The van der Waals surface area contributed by atoms with Crippen LogP contribution in [0.25, 0.3) is 0 Å². The SMILES string of the molecule is CC(NC1CCc2cc(Cl)ccc21)c1ccc(Cl)cc1. The van der Waals surface area contributed by atoms with E-state index in [0.717, 1.165) is 22.9 Å². The number of aryl methyl sites for hydroxylation is 1. The molecule has 0 spiro atoms. The Morgan fingerprint density at radius 1 is 1.05 bits per heavy atom. The van der Waals surface area contributed by atoms with Gasteiger partial charge in [-0.15, -0.1) is 0 Å². The minimum absolute atomic E-state index is 0.305. The lowest BCUT2D eigenvalue weighted by molar-refractivity contribution is 0.465. The lowest BCUT2D eigenvalue weighted by Gasteiger charge is -2.21. The van der Waals surface area contributed by atoms with Gasteiger partial charge < -0.3 is 5.32 Å². The standard InChI is InChI=1S/C17H17Cl2N/c1-11(12-2-5-14(18)6-3-12)20-17-9-4-13-10-15(19)7-8-16(13)17/h2-3,5-8,10-11,17,20H,4,9H2,1H3. The molecule has 0 bridgehead atoms. The molecule has 1 aliphatic rings. The molecule has 0 radical (unpaired) electrons. The molecule has 20 heavy (non-hydrogen) atoms.